The maximum Gasteiger partial charge on any atom is 0.262 e. The van der Waals surface area contributed by atoms with Crippen molar-refractivity contribution in [3.05, 3.63) is 57.6 Å². The standard InChI is InChI=1S/C19H15N5O2S2/c1-10(28-19-23-17-11(7-8-27-17)18(26)24(19)2)15(25)12(9-20)16-21-13-5-3-4-6-14(13)22-16/h3-8,10,25H,1-2H3,(H,21,22)/b15-12-. The molecule has 0 spiro atoms. The smallest absolute Gasteiger partial charge is 0.262 e. The molecule has 0 fully saturated rings. The molecule has 2 N–H and O–H groups in total. The van der Waals surface area contributed by atoms with Gasteiger partial charge in [0, 0.05) is 7.05 Å². The predicted octanol–water partition coefficient (Wildman–Crippen LogP) is 3.84. The van der Waals surface area contributed by atoms with Crippen molar-refractivity contribution in [2.24, 2.45) is 7.05 Å². The molecule has 0 aliphatic rings. The van der Waals surface area contributed by atoms with Gasteiger partial charge in [-0.3, -0.25) is 9.36 Å². The molecule has 4 aromatic rings. The lowest BCUT2D eigenvalue weighted by molar-refractivity contribution is 0.401. The third-order valence-corrected chi connectivity index (χ3v) is 6.28. The fraction of sp³-hybridized carbons (Fsp3) is 0.158. The maximum absolute atomic E-state index is 12.4. The molecule has 0 saturated heterocycles. The maximum atomic E-state index is 12.4. The zero-order valence-corrected chi connectivity index (χ0v) is 16.6. The second-order valence-corrected chi connectivity index (χ2v) is 8.34. The largest absolute Gasteiger partial charge is 0.510 e. The SMILES string of the molecule is CC(Sc1nc2sccc2c(=O)n1C)/C(O)=C(\C#N)c1nc2ccccc2[nH]1. The van der Waals surface area contributed by atoms with Crippen molar-refractivity contribution in [1.29, 1.82) is 5.26 Å². The molecule has 0 bridgehead atoms. The lowest BCUT2D eigenvalue weighted by Crippen LogP contribution is -2.20. The number of para-hydroxylation sites is 2. The molecule has 0 aliphatic heterocycles. The lowest BCUT2D eigenvalue weighted by atomic mass is 10.2. The van der Waals surface area contributed by atoms with Crippen LogP contribution in [0.15, 0.2) is 51.4 Å². The summed E-state index contributed by atoms with van der Waals surface area (Å²) in [6.07, 6.45) is 0. The minimum absolute atomic E-state index is 0.0680. The molecule has 1 aromatic carbocycles. The molecule has 0 amide bonds. The summed E-state index contributed by atoms with van der Waals surface area (Å²) in [5.74, 6) is 0.191. The van der Waals surface area contributed by atoms with Gasteiger partial charge in [-0.15, -0.1) is 11.3 Å². The molecule has 1 unspecified atom stereocenters. The normalized spacial score (nSPS) is 13.5. The van der Waals surface area contributed by atoms with Gasteiger partial charge in [0.2, 0.25) is 0 Å². The van der Waals surface area contributed by atoms with Crippen molar-refractivity contribution >= 4 is 49.9 Å². The zero-order valence-electron chi connectivity index (χ0n) is 15.0. The van der Waals surface area contributed by atoms with Gasteiger partial charge in [0.1, 0.15) is 22.2 Å². The van der Waals surface area contributed by atoms with Crippen LogP contribution in [0.5, 0.6) is 0 Å². The minimum atomic E-state index is -0.502. The van der Waals surface area contributed by atoms with E-state index in [1.807, 2.05) is 35.7 Å². The third-order valence-electron chi connectivity index (χ3n) is 4.33. The van der Waals surface area contributed by atoms with E-state index in [4.69, 9.17) is 0 Å². The van der Waals surface area contributed by atoms with Gasteiger partial charge in [-0.05, 0) is 30.5 Å². The van der Waals surface area contributed by atoms with E-state index in [0.29, 0.717) is 26.7 Å². The molecule has 28 heavy (non-hydrogen) atoms. The van der Waals surface area contributed by atoms with E-state index in [1.165, 1.54) is 27.7 Å². The first-order valence-corrected chi connectivity index (χ1v) is 10.1. The summed E-state index contributed by atoms with van der Waals surface area (Å²) in [6.45, 7) is 1.75. The highest BCUT2D eigenvalue weighted by molar-refractivity contribution is 7.99. The Kier molecular flexibility index (Phi) is 4.66. The first kappa shape index (κ1) is 18.3. The van der Waals surface area contributed by atoms with Crippen molar-refractivity contribution in [2.45, 2.75) is 17.3 Å². The minimum Gasteiger partial charge on any atom is -0.510 e. The van der Waals surface area contributed by atoms with Gasteiger partial charge in [-0.1, -0.05) is 23.9 Å². The molecule has 0 saturated carbocycles. The summed E-state index contributed by atoms with van der Waals surface area (Å²) in [5.41, 5.74) is 1.43. The number of hydrogen-bond donors (Lipinski definition) is 2. The van der Waals surface area contributed by atoms with Crippen LogP contribution in [0.1, 0.15) is 12.7 Å². The molecule has 3 aromatic heterocycles. The van der Waals surface area contributed by atoms with E-state index in [1.54, 1.807) is 20.0 Å². The third kappa shape index (κ3) is 3.06. The van der Waals surface area contributed by atoms with Crippen LogP contribution >= 0.6 is 23.1 Å². The van der Waals surface area contributed by atoms with E-state index < -0.39 is 5.25 Å². The average molecular weight is 409 g/mol. The molecule has 7 nitrogen and oxygen atoms in total. The van der Waals surface area contributed by atoms with Gasteiger partial charge < -0.3 is 10.1 Å². The Bertz CT molecular complexity index is 1290. The Morgan fingerprint density at radius 3 is 2.89 bits per heavy atom. The fourth-order valence-electron chi connectivity index (χ4n) is 2.81. The van der Waals surface area contributed by atoms with Crippen LogP contribution in [0.2, 0.25) is 0 Å². The van der Waals surface area contributed by atoms with Crippen molar-refractivity contribution in [1.82, 2.24) is 19.5 Å². The Morgan fingerprint density at radius 1 is 1.36 bits per heavy atom. The van der Waals surface area contributed by atoms with E-state index in [0.717, 1.165) is 5.52 Å². The van der Waals surface area contributed by atoms with Crippen LogP contribution < -0.4 is 5.56 Å². The Balaban J connectivity index is 1.72. The molecule has 0 radical (unpaired) electrons. The van der Waals surface area contributed by atoms with Gasteiger partial charge in [0.05, 0.1) is 21.7 Å². The number of aromatic amines is 1. The molecular formula is C19H15N5O2S2. The van der Waals surface area contributed by atoms with Crippen LogP contribution in [0.25, 0.3) is 26.8 Å². The summed E-state index contributed by atoms with van der Waals surface area (Å²) in [5, 5.41) is 22.7. The summed E-state index contributed by atoms with van der Waals surface area (Å²) in [4.78, 5) is 25.1. The van der Waals surface area contributed by atoms with Crippen molar-refractivity contribution in [3.63, 3.8) is 0 Å². The number of fused-ring (bicyclic) bond motifs is 2. The molecule has 0 aliphatic carbocycles. The van der Waals surface area contributed by atoms with Gasteiger partial charge in [0.25, 0.3) is 5.56 Å². The number of aliphatic hydroxyl groups excluding tert-OH is 1. The number of nitrogens with zero attached hydrogens (tertiary/aromatic N) is 4. The highest BCUT2D eigenvalue weighted by atomic mass is 32.2. The van der Waals surface area contributed by atoms with Gasteiger partial charge in [-0.2, -0.15) is 5.26 Å². The van der Waals surface area contributed by atoms with E-state index >= 15 is 0 Å². The van der Waals surface area contributed by atoms with Crippen molar-refractivity contribution < 1.29 is 5.11 Å². The monoisotopic (exact) mass is 409 g/mol. The fourth-order valence-corrected chi connectivity index (χ4v) is 4.55. The Morgan fingerprint density at radius 2 is 2.14 bits per heavy atom. The summed E-state index contributed by atoms with van der Waals surface area (Å²) >= 11 is 2.60. The number of aliphatic hydroxyl groups is 1. The lowest BCUT2D eigenvalue weighted by Gasteiger charge is -2.13. The number of thioether (sulfide) groups is 1. The summed E-state index contributed by atoms with van der Waals surface area (Å²) < 4.78 is 1.46. The van der Waals surface area contributed by atoms with Gasteiger partial charge >= 0.3 is 0 Å². The van der Waals surface area contributed by atoms with Crippen LogP contribution in [-0.2, 0) is 7.05 Å². The highest BCUT2D eigenvalue weighted by Gasteiger charge is 2.21. The number of nitriles is 1. The van der Waals surface area contributed by atoms with Gasteiger partial charge in [0.15, 0.2) is 11.0 Å². The van der Waals surface area contributed by atoms with Gasteiger partial charge in [-0.25, -0.2) is 9.97 Å². The first-order valence-electron chi connectivity index (χ1n) is 8.39. The zero-order chi connectivity index (χ0) is 19.8. The Hall–Kier alpha value is -3.09. The molecule has 3 heterocycles. The van der Waals surface area contributed by atoms with Crippen LogP contribution in [0.4, 0.5) is 0 Å². The first-order chi connectivity index (χ1) is 13.5. The Labute approximate surface area is 168 Å². The number of rotatable bonds is 4. The van der Waals surface area contributed by atoms with E-state index in [9.17, 15) is 15.2 Å². The second kappa shape index (κ2) is 7.14. The number of thiophene rings is 1. The molecule has 4 rings (SSSR count). The van der Waals surface area contributed by atoms with Crippen LogP contribution in [0, 0.1) is 11.3 Å². The molecular weight excluding hydrogens is 394 g/mol. The van der Waals surface area contributed by atoms with Crippen LogP contribution in [0.3, 0.4) is 0 Å². The number of H-pyrrole nitrogens is 1. The van der Waals surface area contributed by atoms with E-state index in [2.05, 4.69) is 15.0 Å². The van der Waals surface area contributed by atoms with Crippen molar-refractivity contribution in [3.8, 4) is 6.07 Å². The number of imidazole rings is 1. The highest BCUT2D eigenvalue weighted by Crippen LogP contribution is 2.30. The topological polar surface area (TPSA) is 108 Å². The molecule has 1 atom stereocenters. The number of nitrogens with one attached hydrogen (secondary N) is 1. The number of aromatic nitrogens is 4. The quantitative estimate of drug-likeness (QED) is 0.229. The molecule has 9 heteroatoms. The number of hydrogen-bond acceptors (Lipinski definition) is 7. The van der Waals surface area contributed by atoms with Crippen molar-refractivity contribution in [2.75, 3.05) is 0 Å². The summed E-state index contributed by atoms with van der Waals surface area (Å²) in [6, 6.07) is 11.2. The van der Waals surface area contributed by atoms with E-state index in [-0.39, 0.29) is 16.9 Å². The number of allylic oxidation sites excluding steroid dienone is 1. The summed E-state index contributed by atoms with van der Waals surface area (Å²) in [7, 11) is 1.65. The predicted molar refractivity (Wildman–Crippen MR) is 111 cm³/mol. The van der Waals surface area contributed by atoms with Crippen LogP contribution in [-0.4, -0.2) is 29.9 Å². The molecule has 140 valence electrons. The number of benzene rings is 1. The average Bonchev–Trinajstić information content (AvgIpc) is 3.32. The second-order valence-electron chi connectivity index (χ2n) is 6.13.